The van der Waals surface area contributed by atoms with Gasteiger partial charge in [0.15, 0.2) is 11.5 Å². The van der Waals surface area contributed by atoms with E-state index in [1.807, 2.05) is 6.07 Å². The van der Waals surface area contributed by atoms with Crippen LogP contribution in [0.2, 0.25) is 0 Å². The summed E-state index contributed by atoms with van der Waals surface area (Å²) in [5.41, 5.74) is 7.66. The maximum atomic E-state index is 12.7. The molecule has 0 fully saturated rings. The van der Waals surface area contributed by atoms with Crippen molar-refractivity contribution in [1.82, 2.24) is 14.4 Å². The van der Waals surface area contributed by atoms with Crippen molar-refractivity contribution in [1.29, 1.82) is 0 Å². The number of anilines is 2. The van der Waals surface area contributed by atoms with Gasteiger partial charge in [-0.3, -0.25) is 9.20 Å². The second kappa shape index (κ2) is 6.93. The number of imidazole rings is 1. The van der Waals surface area contributed by atoms with Crippen LogP contribution in [0.4, 0.5) is 24.7 Å². The first-order valence-corrected chi connectivity index (χ1v) is 8.49. The molecule has 9 heteroatoms. The molecule has 0 spiro atoms. The number of alkyl halides is 3. The van der Waals surface area contributed by atoms with Crippen LogP contribution in [0.5, 0.6) is 0 Å². The van der Waals surface area contributed by atoms with Gasteiger partial charge in [0.2, 0.25) is 0 Å². The molecule has 4 rings (SSSR count). The Morgan fingerprint density at radius 2 is 1.83 bits per heavy atom. The molecular weight excluding hydrogens is 383 g/mol. The number of nitrogens with one attached hydrogen (secondary N) is 1. The summed E-state index contributed by atoms with van der Waals surface area (Å²) >= 11 is 0. The molecule has 29 heavy (non-hydrogen) atoms. The Morgan fingerprint density at radius 1 is 1.07 bits per heavy atom. The Balaban J connectivity index is 1.59. The van der Waals surface area contributed by atoms with Crippen LogP contribution in [-0.4, -0.2) is 20.3 Å². The predicted molar refractivity (Wildman–Crippen MR) is 102 cm³/mol. The molecule has 2 aromatic heterocycles. The van der Waals surface area contributed by atoms with E-state index in [9.17, 15) is 18.0 Å². The minimum absolute atomic E-state index is 0.122. The lowest BCUT2D eigenvalue weighted by atomic mass is 10.1. The lowest BCUT2D eigenvalue weighted by molar-refractivity contribution is -0.137. The molecule has 0 aliphatic heterocycles. The van der Waals surface area contributed by atoms with E-state index in [-0.39, 0.29) is 5.56 Å². The van der Waals surface area contributed by atoms with Crippen LogP contribution in [-0.2, 0) is 6.18 Å². The third-order valence-electron chi connectivity index (χ3n) is 4.35. The highest BCUT2D eigenvalue weighted by molar-refractivity contribution is 6.04. The first-order chi connectivity index (χ1) is 13.8. The summed E-state index contributed by atoms with van der Waals surface area (Å²) in [6, 6.07) is 11.1. The normalized spacial score (nSPS) is 11.6. The van der Waals surface area contributed by atoms with Crippen LogP contribution >= 0.6 is 0 Å². The zero-order chi connectivity index (χ0) is 20.6. The number of carbonyl (C=O) groups is 1. The van der Waals surface area contributed by atoms with Gasteiger partial charge in [-0.25, -0.2) is 9.97 Å². The molecule has 0 bridgehead atoms. The van der Waals surface area contributed by atoms with E-state index in [4.69, 9.17) is 5.73 Å². The number of carbonyl (C=O) groups excluding carboxylic acids is 1. The van der Waals surface area contributed by atoms with Crippen LogP contribution in [0.15, 0.2) is 67.1 Å². The first-order valence-electron chi connectivity index (χ1n) is 8.49. The molecule has 0 atom stereocenters. The molecule has 0 aliphatic carbocycles. The number of nitrogens with two attached hydrogens (primary N) is 1. The Labute approximate surface area is 162 Å². The van der Waals surface area contributed by atoms with Gasteiger partial charge in [0.25, 0.3) is 5.91 Å². The van der Waals surface area contributed by atoms with Crippen LogP contribution in [0, 0.1) is 0 Å². The summed E-state index contributed by atoms with van der Waals surface area (Å²) in [6.45, 7) is 0. The Bertz CT molecular complexity index is 1200. The highest BCUT2D eigenvalue weighted by Crippen LogP contribution is 2.29. The second-order valence-corrected chi connectivity index (χ2v) is 6.26. The van der Waals surface area contributed by atoms with Crippen molar-refractivity contribution in [2.45, 2.75) is 6.18 Å². The third kappa shape index (κ3) is 3.62. The molecule has 1 amide bonds. The van der Waals surface area contributed by atoms with Crippen LogP contribution < -0.4 is 11.1 Å². The van der Waals surface area contributed by atoms with E-state index in [0.29, 0.717) is 17.2 Å². The van der Waals surface area contributed by atoms with E-state index in [1.54, 1.807) is 41.2 Å². The molecule has 3 N–H and O–H groups in total. The molecule has 2 aromatic carbocycles. The minimum atomic E-state index is -4.45. The largest absolute Gasteiger partial charge is 0.416 e. The summed E-state index contributed by atoms with van der Waals surface area (Å²) < 4.78 is 39.8. The fraction of sp³-hybridized carbons (Fsp3) is 0.0500. The molecule has 0 radical (unpaired) electrons. The van der Waals surface area contributed by atoms with Crippen LogP contribution in [0.3, 0.4) is 0 Å². The zero-order valence-electron chi connectivity index (χ0n) is 14.8. The number of amides is 1. The molecular formula is C20H14F3N5O. The summed E-state index contributed by atoms with van der Waals surface area (Å²) in [6.07, 6.45) is 0.478. The van der Waals surface area contributed by atoms with Gasteiger partial charge in [0, 0.05) is 29.2 Å². The number of benzene rings is 2. The minimum Gasteiger partial charge on any atom is -0.381 e. The number of aromatic nitrogens is 3. The number of hydrogen-bond acceptors (Lipinski definition) is 4. The quantitative estimate of drug-likeness (QED) is 0.541. The first kappa shape index (κ1) is 18.5. The van der Waals surface area contributed by atoms with Gasteiger partial charge in [-0.2, -0.15) is 13.2 Å². The lowest BCUT2D eigenvalue weighted by Crippen LogP contribution is -2.13. The molecule has 0 unspecified atom stereocenters. The van der Waals surface area contributed by atoms with Gasteiger partial charge < -0.3 is 11.1 Å². The van der Waals surface area contributed by atoms with Gasteiger partial charge in [0.05, 0.1) is 17.5 Å². The van der Waals surface area contributed by atoms with Gasteiger partial charge in [0.1, 0.15) is 0 Å². The number of nitrogen functional groups attached to an aromatic ring is 1. The highest BCUT2D eigenvalue weighted by atomic mass is 19.4. The molecule has 0 saturated heterocycles. The highest BCUT2D eigenvalue weighted by Gasteiger charge is 2.30. The smallest absolute Gasteiger partial charge is 0.381 e. The second-order valence-electron chi connectivity index (χ2n) is 6.26. The van der Waals surface area contributed by atoms with Crippen molar-refractivity contribution >= 4 is 23.1 Å². The molecule has 0 saturated carbocycles. The van der Waals surface area contributed by atoms with Crippen molar-refractivity contribution in [2.75, 3.05) is 11.1 Å². The monoisotopic (exact) mass is 397 g/mol. The van der Waals surface area contributed by atoms with Gasteiger partial charge in [-0.05, 0) is 36.4 Å². The molecule has 4 aromatic rings. The van der Waals surface area contributed by atoms with Crippen molar-refractivity contribution < 1.29 is 18.0 Å². The molecule has 6 nitrogen and oxygen atoms in total. The summed E-state index contributed by atoms with van der Waals surface area (Å²) in [5, 5.41) is 2.69. The van der Waals surface area contributed by atoms with Crippen molar-refractivity contribution in [3.05, 3.63) is 78.2 Å². The number of hydrogen-bond donors (Lipinski definition) is 2. The number of fused-ring (bicyclic) bond motifs is 1. The number of rotatable bonds is 3. The maximum absolute atomic E-state index is 12.7. The van der Waals surface area contributed by atoms with Crippen molar-refractivity contribution in [2.24, 2.45) is 0 Å². The lowest BCUT2D eigenvalue weighted by Gasteiger charge is -2.09. The molecule has 146 valence electrons. The van der Waals surface area contributed by atoms with E-state index >= 15 is 0 Å². The number of nitrogens with zero attached hydrogens (tertiary/aromatic N) is 3. The standard InChI is InChI=1S/C20H14F3N5O/c21-20(22,23)14-6-4-12(5-7-14)19(29)27-15-3-1-2-13(10-15)16-11-26-18-17(24)25-8-9-28(16)18/h1-11H,(H2,24,25)(H,27,29). The van der Waals surface area contributed by atoms with Crippen molar-refractivity contribution in [3.63, 3.8) is 0 Å². The van der Waals surface area contributed by atoms with Crippen molar-refractivity contribution in [3.8, 4) is 11.3 Å². The van der Waals surface area contributed by atoms with Crippen LogP contribution in [0.1, 0.15) is 15.9 Å². The molecule has 0 aliphatic rings. The summed E-state index contributed by atoms with van der Waals surface area (Å²) in [7, 11) is 0. The average molecular weight is 397 g/mol. The van der Waals surface area contributed by atoms with Gasteiger partial charge in [-0.1, -0.05) is 12.1 Å². The predicted octanol–water partition coefficient (Wildman–Crippen LogP) is 4.25. The summed E-state index contributed by atoms with van der Waals surface area (Å²) in [5.74, 6) is -0.215. The third-order valence-corrected chi connectivity index (χ3v) is 4.35. The SMILES string of the molecule is Nc1nccn2c(-c3cccc(NC(=O)c4ccc(C(F)(F)F)cc4)c3)cnc12. The zero-order valence-corrected chi connectivity index (χ0v) is 14.8. The van der Waals surface area contributed by atoms with E-state index in [2.05, 4.69) is 15.3 Å². The van der Waals surface area contributed by atoms with E-state index < -0.39 is 17.6 Å². The van der Waals surface area contributed by atoms with Gasteiger partial charge in [-0.15, -0.1) is 0 Å². The van der Waals surface area contributed by atoms with Gasteiger partial charge >= 0.3 is 6.18 Å². The van der Waals surface area contributed by atoms with E-state index in [1.165, 1.54) is 0 Å². The fourth-order valence-corrected chi connectivity index (χ4v) is 2.92. The Kier molecular flexibility index (Phi) is 4.42. The Morgan fingerprint density at radius 3 is 2.55 bits per heavy atom. The van der Waals surface area contributed by atoms with E-state index in [0.717, 1.165) is 35.5 Å². The Hall–Kier alpha value is -3.88. The summed E-state index contributed by atoms with van der Waals surface area (Å²) in [4.78, 5) is 20.6. The molecule has 2 heterocycles. The number of halogens is 3. The van der Waals surface area contributed by atoms with Crippen LogP contribution in [0.25, 0.3) is 16.9 Å². The average Bonchev–Trinajstić information content (AvgIpc) is 3.13. The maximum Gasteiger partial charge on any atom is 0.416 e. The fourth-order valence-electron chi connectivity index (χ4n) is 2.92. The topological polar surface area (TPSA) is 85.3 Å².